The maximum Gasteiger partial charge on any atom is 0.246 e. The summed E-state index contributed by atoms with van der Waals surface area (Å²) in [5, 5.41) is 0. The molecule has 0 spiro atoms. The lowest BCUT2D eigenvalue weighted by Crippen LogP contribution is -1.93. The minimum Gasteiger partial charge on any atom is -0.414 e. The first kappa shape index (κ1) is 8.49. The summed E-state index contributed by atoms with van der Waals surface area (Å²) in [5.74, 6) is 0. The molecule has 1 aromatic rings. The van der Waals surface area contributed by atoms with Crippen LogP contribution in [0.4, 0.5) is 0 Å². The summed E-state index contributed by atoms with van der Waals surface area (Å²) in [4.78, 5) is 0. The van der Waals surface area contributed by atoms with Gasteiger partial charge in [-0.15, -0.1) is 0 Å². The molecule has 0 atom stereocenters. The molecule has 0 saturated heterocycles. The van der Waals surface area contributed by atoms with Gasteiger partial charge in [0.1, 0.15) is 0 Å². The lowest BCUT2D eigenvalue weighted by Gasteiger charge is -2.06. The van der Waals surface area contributed by atoms with Crippen LogP contribution in [0.1, 0.15) is 16.7 Å². The van der Waals surface area contributed by atoms with Gasteiger partial charge in [-0.1, -0.05) is 18.2 Å². The molecule has 0 amide bonds. The van der Waals surface area contributed by atoms with Gasteiger partial charge in [0.25, 0.3) is 0 Å². The van der Waals surface area contributed by atoms with E-state index in [1.807, 2.05) is 6.07 Å². The zero-order valence-electron chi connectivity index (χ0n) is 6.85. The molecule has 0 saturated carbocycles. The molecule has 0 aliphatic carbocycles. The van der Waals surface area contributed by atoms with Crippen LogP contribution in [0.3, 0.4) is 0 Å². The topological polar surface area (TPSA) is 9.23 Å². The van der Waals surface area contributed by atoms with Crippen molar-refractivity contribution in [2.24, 2.45) is 0 Å². The van der Waals surface area contributed by atoms with Crippen molar-refractivity contribution in [2.75, 3.05) is 0 Å². The first-order valence-corrected chi connectivity index (χ1v) is 4.00. The average Bonchev–Trinajstić information content (AvgIpc) is 1.99. The van der Waals surface area contributed by atoms with Gasteiger partial charge in [-0.05, 0) is 30.5 Å². The van der Waals surface area contributed by atoms with Gasteiger partial charge in [-0.25, -0.2) is 0 Å². The summed E-state index contributed by atoms with van der Waals surface area (Å²) in [5.41, 5.74) is 3.86. The molecular weight excluding hydrogens is 152 g/mol. The second kappa shape index (κ2) is 3.69. The van der Waals surface area contributed by atoms with Gasteiger partial charge in [-0.2, -0.15) is 0 Å². The molecule has 0 heterocycles. The Morgan fingerprint density at radius 2 is 2.09 bits per heavy atom. The van der Waals surface area contributed by atoms with Crippen LogP contribution < -0.4 is 0 Å². The molecule has 0 aromatic heterocycles. The Bertz CT molecular complexity index is 245. The van der Waals surface area contributed by atoms with Crippen molar-refractivity contribution in [1.29, 1.82) is 0 Å². The number of hydrogen-bond acceptors (Lipinski definition) is 1. The van der Waals surface area contributed by atoms with E-state index in [1.54, 1.807) is 0 Å². The predicted octanol–water partition coefficient (Wildman–Crippen LogP) is 1.90. The first-order chi connectivity index (χ1) is 5.25. The molecule has 0 fully saturated rings. The molecule has 0 bridgehead atoms. The van der Waals surface area contributed by atoms with Crippen molar-refractivity contribution in [3.05, 3.63) is 34.9 Å². The molecule has 0 unspecified atom stereocenters. The van der Waals surface area contributed by atoms with E-state index in [0.29, 0.717) is 6.61 Å². The minimum atomic E-state index is 0.629. The summed E-state index contributed by atoms with van der Waals surface area (Å²) in [6.07, 6.45) is 0. The first-order valence-electron chi connectivity index (χ1n) is 3.59. The predicted molar refractivity (Wildman–Crippen MR) is 46.5 cm³/mol. The van der Waals surface area contributed by atoms with Gasteiger partial charge in [0.05, 0.1) is 6.61 Å². The maximum absolute atomic E-state index is 4.87. The molecule has 0 N–H and O–H groups in total. The Morgan fingerprint density at radius 3 is 2.73 bits per heavy atom. The monoisotopic (exact) mass is 163 g/mol. The molecule has 11 heavy (non-hydrogen) atoms. The van der Waals surface area contributed by atoms with Crippen molar-refractivity contribution in [3.8, 4) is 0 Å². The largest absolute Gasteiger partial charge is 0.414 e. The number of hydrogen-bond donors (Lipinski definition) is 0. The molecule has 1 aromatic carbocycles. The fourth-order valence-electron chi connectivity index (χ4n) is 1.05. The highest BCUT2D eigenvalue weighted by atomic mass is 28.2. The van der Waals surface area contributed by atoms with E-state index in [-0.39, 0.29) is 0 Å². The van der Waals surface area contributed by atoms with E-state index >= 15 is 0 Å². The third kappa shape index (κ3) is 1.91. The fourth-order valence-corrected chi connectivity index (χ4v) is 1.20. The van der Waals surface area contributed by atoms with Gasteiger partial charge in [-0.3, -0.25) is 0 Å². The van der Waals surface area contributed by atoms with E-state index in [1.165, 1.54) is 16.7 Å². The molecule has 2 heteroatoms. The van der Waals surface area contributed by atoms with Crippen molar-refractivity contribution < 1.29 is 4.43 Å². The van der Waals surface area contributed by atoms with Gasteiger partial charge >= 0.3 is 0 Å². The SMILES string of the molecule is Cc1cccc(CO[Si])c1C. The Labute approximate surface area is 70.9 Å². The van der Waals surface area contributed by atoms with Crippen molar-refractivity contribution in [1.82, 2.24) is 0 Å². The van der Waals surface area contributed by atoms with E-state index < -0.39 is 0 Å². The second-order valence-electron chi connectivity index (χ2n) is 2.65. The molecule has 3 radical (unpaired) electrons. The Hall–Kier alpha value is -0.603. The second-order valence-corrected chi connectivity index (χ2v) is 2.94. The van der Waals surface area contributed by atoms with Gasteiger partial charge in [0.2, 0.25) is 10.5 Å². The van der Waals surface area contributed by atoms with Crippen LogP contribution in [0.2, 0.25) is 0 Å². The van der Waals surface area contributed by atoms with Crippen molar-refractivity contribution >= 4 is 10.5 Å². The summed E-state index contributed by atoms with van der Waals surface area (Å²) in [7, 11) is 2.99. The normalized spacial score (nSPS) is 10.1. The number of rotatable bonds is 2. The Kier molecular flexibility index (Phi) is 2.85. The molecule has 1 rings (SSSR count). The summed E-state index contributed by atoms with van der Waals surface area (Å²) in [6, 6.07) is 6.22. The number of benzene rings is 1. The lowest BCUT2D eigenvalue weighted by molar-refractivity contribution is 0.337. The van der Waals surface area contributed by atoms with E-state index in [9.17, 15) is 0 Å². The Morgan fingerprint density at radius 1 is 1.36 bits per heavy atom. The van der Waals surface area contributed by atoms with Gasteiger partial charge in [0, 0.05) is 0 Å². The van der Waals surface area contributed by atoms with E-state index in [2.05, 4.69) is 36.5 Å². The van der Waals surface area contributed by atoms with E-state index in [4.69, 9.17) is 4.43 Å². The van der Waals surface area contributed by atoms with Crippen LogP contribution in [-0.4, -0.2) is 10.5 Å². The van der Waals surface area contributed by atoms with Crippen molar-refractivity contribution in [3.63, 3.8) is 0 Å². The van der Waals surface area contributed by atoms with Crippen LogP contribution in [-0.2, 0) is 11.0 Å². The highest BCUT2D eigenvalue weighted by Crippen LogP contribution is 2.12. The molecule has 57 valence electrons. The van der Waals surface area contributed by atoms with Crippen LogP contribution in [0.25, 0.3) is 0 Å². The van der Waals surface area contributed by atoms with Crippen LogP contribution >= 0.6 is 0 Å². The zero-order valence-corrected chi connectivity index (χ0v) is 7.85. The maximum atomic E-state index is 4.87. The fraction of sp³-hybridized carbons (Fsp3) is 0.333. The zero-order chi connectivity index (χ0) is 8.27. The highest BCUT2D eigenvalue weighted by molar-refractivity contribution is 5.97. The smallest absolute Gasteiger partial charge is 0.246 e. The lowest BCUT2D eigenvalue weighted by atomic mass is 10.0. The Balaban J connectivity index is 2.96. The summed E-state index contributed by atoms with van der Waals surface area (Å²) >= 11 is 0. The third-order valence-electron chi connectivity index (χ3n) is 1.94. The quantitative estimate of drug-likeness (QED) is 0.605. The molecular formula is C9H11OSi. The molecule has 0 aliphatic rings. The van der Waals surface area contributed by atoms with Crippen LogP contribution in [0.5, 0.6) is 0 Å². The number of aryl methyl sites for hydroxylation is 1. The molecule has 0 aliphatic heterocycles. The van der Waals surface area contributed by atoms with Crippen LogP contribution in [0, 0.1) is 13.8 Å². The van der Waals surface area contributed by atoms with Crippen molar-refractivity contribution in [2.45, 2.75) is 20.5 Å². The average molecular weight is 163 g/mol. The highest BCUT2D eigenvalue weighted by Gasteiger charge is 1.97. The van der Waals surface area contributed by atoms with Gasteiger partial charge in [0.15, 0.2) is 0 Å². The van der Waals surface area contributed by atoms with Crippen LogP contribution in [0.15, 0.2) is 18.2 Å². The summed E-state index contributed by atoms with van der Waals surface area (Å²) < 4.78 is 4.87. The third-order valence-corrected chi connectivity index (χ3v) is 2.09. The summed E-state index contributed by atoms with van der Waals surface area (Å²) in [6.45, 7) is 4.84. The van der Waals surface area contributed by atoms with Gasteiger partial charge < -0.3 is 4.43 Å². The molecule has 1 nitrogen and oxygen atoms in total. The van der Waals surface area contributed by atoms with E-state index in [0.717, 1.165) is 0 Å². The minimum absolute atomic E-state index is 0.629. The standard InChI is InChI=1S/C9H11OSi/c1-7-4-3-5-9(6-10-11)8(7)2/h3-5H,6H2,1-2H3.